The molecule has 126 valence electrons. The molecule has 0 aliphatic rings. The topological polar surface area (TPSA) is 0 Å². The van der Waals surface area contributed by atoms with Crippen LogP contribution in [-0.2, 0) is 19.0 Å². The van der Waals surface area contributed by atoms with Crippen LogP contribution in [0.4, 0.5) is 13.2 Å². The van der Waals surface area contributed by atoms with Gasteiger partial charge in [-0.2, -0.15) is 13.2 Å². The van der Waals surface area contributed by atoms with Gasteiger partial charge >= 0.3 is 6.18 Å². The molecule has 3 aromatic rings. The highest BCUT2D eigenvalue weighted by atomic mass is 19.4. The van der Waals surface area contributed by atoms with Crippen molar-refractivity contribution < 1.29 is 13.2 Å². The van der Waals surface area contributed by atoms with Crippen molar-refractivity contribution in [1.82, 2.24) is 0 Å². The molecule has 3 rings (SSSR count). The molecule has 0 aliphatic heterocycles. The van der Waals surface area contributed by atoms with E-state index in [1.54, 1.807) is 6.07 Å². The Balaban J connectivity index is 2.45. The number of rotatable bonds is 4. The van der Waals surface area contributed by atoms with Gasteiger partial charge in [0.15, 0.2) is 0 Å². The summed E-state index contributed by atoms with van der Waals surface area (Å²) in [5.74, 6) is 0. The predicted octanol–water partition coefficient (Wildman–Crippen LogP) is 6.92. The molecule has 0 unspecified atom stereocenters. The van der Waals surface area contributed by atoms with Gasteiger partial charge in [-0.1, -0.05) is 57.0 Å². The zero-order chi connectivity index (χ0) is 17.3. The van der Waals surface area contributed by atoms with E-state index >= 15 is 0 Å². The minimum atomic E-state index is -4.31. The monoisotopic (exact) mass is 330 g/mol. The van der Waals surface area contributed by atoms with Crippen LogP contribution in [0, 0.1) is 0 Å². The van der Waals surface area contributed by atoms with E-state index in [1.165, 1.54) is 23.1 Å². The molecule has 0 aromatic heterocycles. The van der Waals surface area contributed by atoms with Crippen LogP contribution >= 0.6 is 0 Å². The predicted molar refractivity (Wildman–Crippen MR) is 94.4 cm³/mol. The first-order chi connectivity index (χ1) is 11.5. The Morgan fingerprint density at radius 2 is 1.25 bits per heavy atom. The first-order valence-corrected chi connectivity index (χ1v) is 8.50. The van der Waals surface area contributed by atoms with Crippen molar-refractivity contribution in [2.45, 2.75) is 45.7 Å². The summed E-state index contributed by atoms with van der Waals surface area (Å²) in [6, 6.07) is 12.2. The normalized spacial score (nSPS) is 12.2. The number of alkyl halides is 3. The fourth-order valence-corrected chi connectivity index (χ4v) is 3.58. The van der Waals surface area contributed by atoms with Gasteiger partial charge in [-0.25, -0.2) is 0 Å². The number of hydrogen-bond donors (Lipinski definition) is 0. The number of hydrogen-bond acceptors (Lipinski definition) is 0. The summed E-state index contributed by atoms with van der Waals surface area (Å²) in [6.45, 7) is 4.19. The van der Waals surface area contributed by atoms with Crippen molar-refractivity contribution in [3.8, 4) is 0 Å². The Bertz CT molecular complexity index is 876. The zero-order valence-corrected chi connectivity index (χ0v) is 14.0. The summed E-state index contributed by atoms with van der Waals surface area (Å²) in [7, 11) is 0. The molecule has 0 amide bonds. The molecule has 0 aliphatic carbocycles. The van der Waals surface area contributed by atoms with Gasteiger partial charge in [0.1, 0.15) is 0 Å². The lowest BCUT2D eigenvalue weighted by molar-refractivity contribution is -0.137. The third-order valence-corrected chi connectivity index (χ3v) is 4.58. The van der Waals surface area contributed by atoms with Crippen LogP contribution in [0.25, 0.3) is 21.5 Å². The lowest BCUT2D eigenvalue weighted by atomic mass is 9.87. The highest BCUT2D eigenvalue weighted by molar-refractivity contribution is 6.11. The van der Waals surface area contributed by atoms with Gasteiger partial charge in [0.05, 0.1) is 5.56 Å². The molecule has 0 bridgehead atoms. The third-order valence-electron chi connectivity index (χ3n) is 4.58. The molecule has 0 saturated carbocycles. The fraction of sp³-hybridized carbons (Fsp3) is 0.333. The minimum Gasteiger partial charge on any atom is -0.166 e. The van der Waals surface area contributed by atoms with Gasteiger partial charge < -0.3 is 0 Å². The number of benzene rings is 3. The van der Waals surface area contributed by atoms with Gasteiger partial charge in [-0.05, 0) is 57.6 Å². The van der Waals surface area contributed by atoms with Crippen LogP contribution in [0.3, 0.4) is 0 Å². The summed E-state index contributed by atoms with van der Waals surface area (Å²) < 4.78 is 39.6. The maximum Gasteiger partial charge on any atom is 0.416 e. The summed E-state index contributed by atoms with van der Waals surface area (Å²) in [5.41, 5.74) is 1.73. The van der Waals surface area contributed by atoms with E-state index in [2.05, 4.69) is 19.9 Å². The van der Waals surface area contributed by atoms with Gasteiger partial charge in [-0.15, -0.1) is 0 Å². The van der Waals surface area contributed by atoms with Crippen LogP contribution < -0.4 is 0 Å². The molecule has 0 radical (unpaired) electrons. The van der Waals surface area contributed by atoms with E-state index < -0.39 is 11.7 Å². The maximum atomic E-state index is 13.2. The van der Waals surface area contributed by atoms with Crippen LogP contribution in [0.15, 0.2) is 42.5 Å². The van der Waals surface area contributed by atoms with Crippen molar-refractivity contribution in [2.75, 3.05) is 0 Å². The SMILES string of the molecule is CCCc1c(CCC)c2cc(C(F)(F)F)ccc2c2ccccc12. The van der Waals surface area contributed by atoms with E-state index in [9.17, 15) is 13.2 Å². The van der Waals surface area contributed by atoms with E-state index in [4.69, 9.17) is 0 Å². The molecule has 0 fully saturated rings. The summed E-state index contributed by atoms with van der Waals surface area (Å²) >= 11 is 0. The molecule has 0 atom stereocenters. The summed E-state index contributed by atoms with van der Waals surface area (Å²) in [6.07, 6.45) is -0.722. The van der Waals surface area contributed by atoms with Crippen LogP contribution in [0.5, 0.6) is 0 Å². The smallest absolute Gasteiger partial charge is 0.166 e. The Kier molecular flexibility index (Phi) is 4.53. The van der Waals surface area contributed by atoms with E-state index in [0.29, 0.717) is 0 Å². The highest BCUT2D eigenvalue weighted by Gasteiger charge is 2.31. The molecule has 0 N–H and O–H groups in total. The van der Waals surface area contributed by atoms with Gasteiger partial charge in [-0.3, -0.25) is 0 Å². The van der Waals surface area contributed by atoms with Crippen molar-refractivity contribution in [1.29, 1.82) is 0 Å². The van der Waals surface area contributed by atoms with E-state index in [1.807, 2.05) is 18.2 Å². The largest absolute Gasteiger partial charge is 0.416 e. The molecule has 24 heavy (non-hydrogen) atoms. The quantitative estimate of drug-likeness (QED) is 0.456. The first-order valence-electron chi connectivity index (χ1n) is 8.50. The maximum absolute atomic E-state index is 13.2. The molecular formula is C21H21F3. The Labute approximate surface area is 140 Å². The molecule has 3 heteroatoms. The molecular weight excluding hydrogens is 309 g/mol. The van der Waals surface area contributed by atoms with Crippen LogP contribution in [-0.4, -0.2) is 0 Å². The fourth-order valence-electron chi connectivity index (χ4n) is 3.58. The van der Waals surface area contributed by atoms with Crippen LogP contribution in [0.1, 0.15) is 43.4 Å². The first kappa shape index (κ1) is 16.8. The number of aryl methyl sites for hydroxylation is 2. The van der Waals surface area contributed by atoms with Crippen LogP contribution in [0.2, 0.25) is 0 Å². The zero-order valence-electron chi connectivity index (χ0n) is 14.0. The average molecular weight is 330 g/mol. The molecule has 0 heterocycles. The lowest BCUT2D eigenvalue weighted by Crippen LogP contribution is -2.06. The molecule has 0 nitrogen and oxygen atoms in total. The standard InChI is InChI=1S/C21H21F3/c1-3-7-15-16(8-4-2)20-13-14(21(22,23)24)11-12-19(20)18-10-6-5-9-17(15)18/h5-6,9-13H,3-4,7-8H2,1-2H3. The molecule has 3 aromatic carbocycles. The molecule has 0 spiro atoms. The van der Waals surface area contributed by atoms with Crippen molar-refractivity contribution in [2.24, 2.45) is 0 Å². The van der Waals surface area contributed by atoms with Crippen molar-refractivity contribution >= 4 is 21.5 Å². The second-order valence-corrected chi connectivity index (χ2v) is 6.26. The van der Waals surface area contributed by atoms with Gasteiger partial charge in [0.25, 0.3) is 0 Å². The highest BCUT2D eigenvalue weighted by Crippen LogP contribution is 2.38. The van der Waals surface area contributed by atoms with Gasteiger partial charge in [0.2, 0.25) is 0 Å². The second-order valence-electron chi connectivity index (χ2n) is 6.26. The van der Waals surface area contributed by atoms with E-state index in [0.717, 1.165) is 47.4 Å². The second kappa shape index (κ2) is 6.46. The number of halogens is 3. The molecule has 0 saturated heterocycles. The summed E-state index contributed by atoms with van der Waals surface area (Å²) in [5, 5.41) is 3.90. The lowest BCUT2D eigenvalue weighted by Gasteiger charge is -2.18. The average Bonchev–Trinajstić information content (AvgIpc) is 2.56. The Morgan fingerprint density at radius 3 is 1.83 bits per heavy atom. The summed E-state index contributed by atoms with van der Waals surface area (Å²) in [4.78, 5) is 0. The third kappa shape index (κ3) is 2.88. The van der Waals surface area contributed by atoms with E-state index in [-0.39, 0.29) is 0 Å². The minimum absolute atomic E-state index is 0.565. The Hall–Kier alpha value is -2.03. The van der Waals surface area contributed by atoms with Gasteiger partial charge in [0, 0.05) is 0 Å². The van der Waals surface area contributed by atoms with Crippen molar-refractivity contribution in [3.63, 3.8) is 0 Å². The Morgan fingerprint density at radius 1 is 0.708 bits per heavy atom. The number of fused-ring (bicyclic) bond motifs is 3. The van der Waals surface area contributed by atoms with Crippen molar-refractivity contribution in [3.05, 3.63) is 59.2 Å².